The normalized spacial score (nSPS) is 10.3. The molecule has 0 radical (unpaired) electrons. The highest BCUT2D eigenvalue weighted by molar-refractivity contribution is 5.90. The van der Waals surface area contributed by atoms with Crippen LogP contribution in [0.4, 0.5) is 0 Å². The maximum absolute atomic E-state index is 10.9. The van der Waals surface area contributed by atoms with Crippen molar-refractivity contribution in [3.63, 3.8) is 0 Å². The van der Waals surface area contributed by atoms with Gasteiger partial charge in [-0.15, -0.1) is 5.10 Å². The summed E-state index contributed by atoms with van der Waals surface area (Å²) in [7, 11) is 1.63. The van der Waals surface area contributed by atoms with E-state index in [-0.39, 0.29) is 5.69 Å². The van der Waals surface area contributed by atoms with Gasteiger partial charge in [0.2, 0.25) is 0 Å². The van der Waals surface area contributed by atoms with Crippen molar-refractivity contribution in [3.05, 3.63) is 41.2 Å². The maximum atomic E-state index is 10.9. The van der Waals surface area contributed by atoms with Crippen LogP contribution >= 0.6 is 0 Å². The third-order valence-corrected chi connectivity index (χ3v) is 2.61. The van der Waals surface area contributed by atoms with Gasteiger partial charge in [0.05, 0.1) is 19.9 Å². The number of rotatable bonds is 4. The highest BCUT2D eigenvalue weighted by atomic mass is 16.5. The van der Waals surface area contributed by atoms with Crippen LogP contribution in [0, 0.1) is 6.92 Å². The maximum Gasteiger partial charge on any atom is 0.270 e. The average molecular weight is 246 g/mol. The van der Waals surface area contributed by atoms with Crippen LogP contribution in [0.2, 0.25) is 0 Å². The largest absolute Gasteiger partial charge is 0.496 e. The van der Waals surface area contributed by atoms with Gasteiger partial charge in [0.15, 0.2) is 5.69 Å². The number of nitrogens with zero attached hydrogens (tertiary/aromatic N) is 3. The van der Waals surface area contributed by atoms with E-state index in [4.69, 9.17) is 10.5 Å². The van der Waals surface area contributed by atoms with Gasteiger partial charge in [0, 0.05) is 0 Å². The Labute approximate surface area is 104 Å². The van der Waals surface area contributed by atoms with Crippen LogP contribution in [-0.2, 0) is 6.54 Å². The van der Waals surface area contributed by atoms with Crippen molar-refractivity contribution >= 4 is 5.91 Å². The number of nitrogens with two attached hydrogens (primary N) is 1. The number of amides is 1. The van der Waals surface area contributed by atoms with Gasteiger partial charge in [-0.2, -0.15) is 0 Å². The third-order valence-electron chi connectivity index (χ3n) is 2.61. The molecule has 0 spiro atoms. The van der Waals surface area contributed by atoms with Gasteiger partial charge >= 0.3 is 0 Å². The number of aryl methyl sites for hydroxylation is 1. The van der Waals surface area contributed by atoms with Crippen molar-refractivity contribution in [2.24, 2.45) is 5.73 Å². The second-order valence-electron chi connectivity index (χ2n) is 3.97. The Morgan fingerprint density at radius 1 is 1.50 bits per heavy atom. The van der Waals surface area contributed by atoms with Crippen LogP contribution in [-0.4, -0.2) is 28.0 Å². The average Bonchev–Trinajstić information content (AvgIpc) is 2.80. The van der Waals surface area contributed by atoms with Gasteiger partial charge in [-0.25, -0.2) is 4.68 Å². The first kappa shape index (κ1) is 12.1. The molecule has 2 aromatic rings. The van der Waals surface area contributed by atoms with E-state index in [9.17, 15) is 4.79 Å². The number of carbonyl (C=O) groups excluding carboxylic acids is 1. The summed E-state index contributed by atoms with van der Waals surface area (Å²) in [5, 5.41) is 7.51. The van der Waals surface area contributed by atoms with Crippen molar-refractivity contribution in [3.8, 4) is 5.75 Å². The molecule has 6 heteroatoms. The number of benzene rings is 1. The minimum absolute atomic E-state index is 0.161. The first-order valence-electron chi connectivity index (χ1n) is 5.43. The summed E-state index contributed by atoms with van der Waals surface area (Å²) in [6.45, 7) is 2.49. The fraction of sp³-hybridized carbons (Fsp3) is 0.250. The molecule has 18 heavy (non-hydrogen) atoms. The monoisotopic (exact) mass is 246 g/mol. The van der Waals surface area contributed by atoms with E-state index in [0.717, 1.165) is 16.9 Å². The summed E-state index contributed by atoms with van der Waals surface area (Å²) in [5.41, 5.74) is 7.35. The van der Waals surface area contributed by atoms with Crippen molar-refractivity contribution < 1.29 is 9.53 Å². The Bertz CT molecular complexity index is 577. The van der Waals surface area contributed by atoms with Crippen molar-refractivity contribution in [2.75, 3.05) is 7.11 Å². The van der Waals surface area contributed by atoms with E-state index in [1.165, 1.54) is 6.20 Å². The van der Waals surface area contributed by atoms with Gasteiger partial charge in [-0.05, 0) is 24.1 Å². The van der Waals surface area contributed by atoms with Crippen molar-refractivity contribution in [2.45, 2.75) is 13.5 Å². The Morgan fingerprint density at radius 3 is 2.89 bits per heavy atom. The zero-order chi connectivity index (χ0) is 13.1. The van der Waals surface area contributed by atoms with E-state index < -0.39 is 5.91 Å². The van der Waals surface area contributed by atoms with E-state index in [1.807, 2.05) is 25.1 Å². The number of ether oxygens (including phenoxy) is 1. The summed E-state index contributed by atoms with van der Waals surface area (Å²) in [4.78, 5) is 10.9. The molecule has 0 unspecified atom stereocenters. The molecule has 0 bridgehead atoms. The number of aromatic nitrogens is 3. The van der Waals surface area contributed by atoms with Gasteiger partial charge in [-0.3, -0.25) is 4.79 Å². The molecule has 1 heterocycles. The molecule has 1 aromatic heterocycles. The molecule has 6 nitrogen and oxygen atoms in total. The number of hydrogen-bond acceptors (Lipinski definition) is 4. The first-order chi connectivity index (χ1) is 8.60. The van der Waals surface area contributed by atoms with Gasteiger partial charge in [0.25, 0.3) is 5.91 Å². The highest BCUT2D eigenvalue weighted by Gasteiger charge is 2.07. The summed E-state index contributed by atoms with van der Waals surface area (Å²) in [6.07, 6.45) is 1.52. The molecule has 1 aromatic carbocycles. The third kappa shape index (κ3) is 2.48. The lowest BCUT2D eigenvalue weighted by Gasteiger charge is -2.07. The smallest absolute Gasteiger partial charge is 0.270 e. The fourth-order valence-electron chi connectivity index (χ4n) is 1.64. The van der Waals surface area contributed by atoms with Crippen molar-refractivity contribution in [1.82, 2.24) is 15.0 Å². The lowest BCUT2D eigenvalue weighted by molar-refractivity contribution is 0.0995. The lowest BCUT2D eigenvalue weighted by Crippen LogP contribution is -2.11. The Balaban J connectivity index is 2.20. The van der Waals surface area contributed by atoms with E-state index in [2.05, 4.69) is 10.3 Å². The minimum atomic E-state index is -0.581. The minimum Gasteiger partial charge on any atom is -0.496 e. The zero-order valence-corrected chi connectivity index (χ0v) is 10.3. The van der Waals surface area contributed by atoms with Gasteiger partial charge in [-0.1, -0.05) is 17.3 Å². The van der Waals surface area contributed by atoms with Crippen LogP contribution < -0.4 is 10.5 Å². The topological polar surface area (TPSA) is 83.0 Å². The lowest BCUT2D eigenvalue weighted by atomic mass is 10.1. The zero-order valence-electron chi connectivity index (χ0n) is 10.3. The fourth-order valence-corrected chi connectivity index (χ4v) is 1.64. The number of carbonyl (C=O) groups is 1. The molecule has 0 aliphatic rings. The molecule has 2 N–H and O–H groups in total. The Kier molecular flexibility index (Phi) is 3.27. The second kappa shape index (κ2) is 4.87. The highest BCUT2D eigenvalue weighted by Crippen LogP contribution is 2.19. The van der Waals surface area contributed by atoms with E-state index >= 15 is 0 Å². The van der Waals surface area contributed by atoms with E-state index in [0.29, 0.717) is 6.54 Å². The second-order valence-corrected chi connectivity index (χ2v) is 3.97. The van der Waals surface area contributed by atoms with Gasteiger partial charge < -0.3 is 10.5 Å². The first-order valence-corrected chi connectivity index (χ1v) is 5.43. The summed E-state index contributed by atoms with van der Waals surface area (Å²) in [6, 6.07) is 5.88. The SMILES string of the molecule is COc1cc(Cn2cc(C(N)=O)nn2)ccc1C. The Morgan fingerprint density at radius 2 is 2.28 bits per heavy atom. The van der Waals surface area contributed by atoms with E-state index in [1.54, 1.807) is 11.8 Å². The predicted molar refractivity (Wildman–Crippen MR) is 65.4 cm³/mol. The molecular weight excluding hydrogens is 232 g/mol. The molecule has 1 amide bonds. The molecule has 94 valence electrons. The molecule has 0 saturated heterocycles. The predicted octanol–water partition coefficient (Wildman–Crippen LogP) is 0.742. The number of hydrogen-bond donors (Lipinski definition) is 1. The molecule has 0 aliphatic carbocycles. The van der Waals surface area contributed by atoms with Crippen molar-refractivity contribution in [1.29, 1.82) is 0 Å². The standard InChI is InChI=1S/C12H14N4O2/c1-8-3-4-9(5-11(8)18-2)6-16-7-10(12(13)17)14-15-16/h3-5,7H,6H2,1-2H3,(H2,13,17). The van der Waals surface area contributed by atoms with Crippen LogP contribution in [0.5, 0.6) is 5.75 Å². The molecule has 2 rings (SSSR count). The van der Waals surface area contributed by atoms with Crippen LogP contribution in [0.1, 0.15) is 21.6 Å². The molecule has 0 aliphatic heterocycles. The molecular formula is C12H14N4O2. The molecule has 0 saturated carbocycles. The quantitative estimate of drug-likeness (QED) is 0.862. The van der Waals surface area contributed by atoms with Crippen LogP contribution in [0.25, 0.3) is 0 Å². The number of primary amides is 1. The van der Waals surface area contributed by atoms with Crippen LogP contribution in [0.3, 0.4) is 0 Å². The summed E-state index contributed by atoms with van der Waals surface area (Å²) >= 11 is 0. The van der Waals surface area contributed by atoms with Gasteiger partial charge in [0.1, 0.15) is 5.75 Å². The summed E-state index contributed by atoms with van der Waals surface area (Å²) in [5.74, 6) is 0.241. The Hall–Kier alpha value is -2.37. The molecule has 0 atom stereocenters. The summed E-state index contributed by atoms with van der Waals surface area (Å²) < 4.78 is 6.81. The van der Waals surface area contributed by atoms with Crippen LogP contribution in [0.15, 0.2) is 24.4 Å². The number of methoxy groups -OCH3 is 1. The molecule has 0 fully saturated rings.